The molecule has 0 aliphatic heterocycles. The average Bonchev–Trinajstić information content (AvgIpc) is 3.44. The fourth-order valence-corrected chi connectivity index (χ4v) is 4.78. The lowest BCUT2D eigenvalue weighted by atomic mass is 10.2. The number of methoxy groups -OCH3 is 2. The zero-order valence-electron chi connectivity index (χ0n) is 19.4. The minimum atomic E-state index is -3.61. The molecule has 0 saturated carbocycles. The molecule has 2 aromatic heterocycles. The summed E-state index contributed by atoms with van der Waals surface area (Å²) in [6, 6.07) is 6.58. The van der Waals surface area contributed by atoms with Crippen molar-refractivity contribution in [3.8, 4) is 11.4 Å². The summed E-state index contributed by atoms with van der Waals surface area (Å²) in [4.78, 5) is 4.55. The number of hydrogen-bond donors (Lipinski definition) is 0. The topological polar surface area (TPSA) is 125 Å². The van der Waals surface area contributed by atoms with Crippen molar-refractivity contribution >= 4 is 21.8 Å². The van der Waals surface area contributed by atoms with E-state index in [1.54, 1.807) is 38.5 Å². The van der Waals surface area contributed by atoms with Crippen molar-refractivity contribution in [2.75, 3.05) is 28.3 Å². The van der Waals surface area contributed by atoms with E-state index >= 15 is 0 Å². The molecule has 3 aromatic rings. The number of aryl methyl sites for hydroxylation is 1. The van der Waals surface area contributed by atoms with Crippen LogP contribution in [0, 0.1) is 0 Å². The van der Waals surface area contributed by atoms with Crippen LogP contribution < -0.4 is 0 Å². The van der Waals surface area contributed by atoms with Crippen molar-refractivity contribution < 1.29 is 22.4 Å². The molecule has 3 rings (SSSR count). The van der Waals surface area contributed by atoms with Crippen LogP contribution in [0.15, 0.2) is 38.8 Å². The molecule has 180 valence electrons. The lowest BCUT2D eigenvalue weighted by Gasteiger charge is -2.18. The van der Waals surface area contributed by atoms with Crippen molar-refractivity contribution in [2.24, 2.45) is 0 Å². The second-order valence-corrected chi connectivity index (χ2v) is 10.8. The fourth-order valence-electron chi connectivity index (χ4n) is 2.94. The van der Waals surface area contributed by atoms with Gasteiger partial charge in [-0.05, 0) is 19.1 Å². The molecule has 1 atom stereocenters. The Morgan fingerprint density at radius 3 is 2.55 bits per heavy atom. The van der Waals surface area contributed by atoms with Gasteiger partial charge in [-0.15, -0.1) is 10.2 Å². The molecule has 0 aliphatic carbocycles. The van der Waals surface area contributed by atoms with Crippen LogP contribution in [0.2, 0.25) is 0 Å². The third-order valence-corrected chi connectivity index (χ3v) is 7.75. The van der Waals surface area contributed by atoms with Gasteiger partial charge >= 0.3 is 0 Å². The molecule has 11 nitrogen and oxygen atoms in total. The van der Waals surface area contributed by atoms with Crippen molar-refractivity contribution in [1.29, 1.82) is 0 Å². The van der Waals surface area contributed by atoms with Gasteiger partial charge in [0.15, 0.2) is 23.1 Å². The Hall–Kier alpha value is -2.32. The molecule has 0 spiro atoms. The van der Waals surface area contributed by atoms with Crippen LogP contribution in [0.1, 0.15) is 30.8 Å². The normalized spacial score (nSPS) is 13.2. The van der Waals surface area contributed by atoms with Gasteiger partial charge in [0.1, 0.15) is 0 Å². The molecule has 33 heavy (non-hydrogen) atoms. The smallest absolute Gasteiger partial charge is 0.242 e. The summed E-state index contributed by atoms with van der Waals surface area (Å²) in [5, 5.41) is 13.0. The van der Waals surface area contributed by atoms with Gasteiger partial charge in [0.2, 0.25) is 15.9 Å². The van der Waals surface area contributed by atoms with Gasteiger partial charge in [0, 0.05) is 40.3 Å². The highest BCUT2D eigenvalue weighted by Gasteiger charge is 2.24. The SMILES string of the molecule is CCc1noc(C(C)Sc2nnc(-c3cccc(S(=O)(=O)N(C)C)c3)n2CC(OC)OC)n1. The maximum absolute atomic E-state index is 12.6. The van der Waals surface area contributed by atoms with E-state index in [-0.39, 0.29) is 10.1 Å². The average molecular weight is 497 g/mol. The summed E-state index contributed by atoms with van der Waals surface area (Å²) in [6.07, 6.45) is 0.120. The fraction of sp³-hybridized carbons (Fsp3) is 0.500. The van der Waals surface area contributed by atoms with E-state index in [9.17, 15) is 8.42 Å². The van der Waals surface area contributed by atoms with Crippen LogP contribution in [0.25, 0.3) is 11.4 Å². The number of ether oxygens (including phenoxy) is 2. The molecule has 0 bridgehead atoms. The summed E-state index contributed by atoms with van der Waals surface area (Å²) in [5.41, 5.74) is 0.599. The molecule has 0 radical (unpaired) electrons. The number of benzene rings is 1. The van der Waals surface area contributed by atoms with E-state index in [0.717, 1.165) is 0 Å². The second kappa shape index (κ2) is 10.7. The summed E-state index contributed by atoms with van der Waals surface area (Å²) in [6.45, 7) is 4.18. The number of thioether (sulfide) groups is 1. The van der Waals surface area contributed by atoms with Gasteiger partial charge in [-0.2, -0.15) is 4.98 Å². The largest absolute Gasteiger partial charge is 0.354 e. The highest BCUT2D eigenvalue weighted by molar-refractivity contribution is 7.99. The van der Waals surface area contributed by atoms with Gasteiger partial charge in [-0.3, -0.25) is 4.57 Å². The molecule has 0 N–H and O–H groups in total. The first-order valence-electron chi connectivity index (χ1n) is 10.2. The maximum atomic E-state index is 12.6. The Balaban J connectivity index is 2.01. The summed E-state index contributed by atoms with van der Waals surface area (Å²) in [5.74, 6) is 1.61. The molecular weight excluding hydrogens is 468 g/mol. The Kier molecular flexibility index (Phi) is 8.23. The minimum Gasteiger partial charge on any atom is -0.354 e. The third-order valence-electron chi connectivity index (χ3n) is 4.88. The van der Waals surface area contributed by atoms with Crippen LogP contribution >= 0.6 is 11.8 Å². The van der Waals surface area contributed by atoms with E-state index < -0.39 is 16.3 Å². The first kappa shape index (κ1) is 25.3. The lowest BCUT2D eigenvalue weighted by molar-refractivity contribution is -0.111. The predicted molar refractivity (Wildman–Crippen MR) is 122 cm³/mol. The van der Waals surface area contributed by atoms with E-state index in [2.05, 4.69) is 20.3 Å². The van der Waals surface area contributed by atoms with Crippen LogP contribution in [-0.4, -0.2) is 72.2 Å². The van der Waals surface area contributed by atoms with Crippen LogP contribution in [0.5, 0.6) is 0 Å². The van der Waals surface area contributed by atoms with E-state index in [1.807, 2.05) is 18.4 Å². The van der Waals surface area contributed by atoms with Gasteiger partial charge in [-0.1, -0.05) is 36.0 Å². The maximum Gasteiger partial charge on any atom is 0.242 e. The number of hydrogen-bond acceptors (Lipinski definition) is 10. The highest BCUT2D eigenvalue weighted by atomic mass is 32.2. The number of rotatable bonds is 11. The predicted octanol–water partition coefficient (Wildman–Crippen LogP) is 2.61. The van der Waals surface area contributed by atoms with E-state index in [4.69, 9.17) is 14.0 Å². The molecule has 1 aromatic carbocycles. The third kappa shape index (κ3) is 5.61. The zero-order valence-corrected chi connectivity index (χ0v) is 21.1. The van der Waals surface area contributed by atoms with Crippen molar-refractivity contribution in [3.63, 3.8) is 0 Å². The summed E-state index contributed by atoms with van der Waals surface area (Å²) in [7, 11) is 2.46. The quantitative estimate of drug-likeness (QED) is 0.289. The van der Waals surface area contributed by atoms with Crippen molar-refractivity contribution in [1.82, 2.24) is 29.2 Å². The summed E-state index contributed by atoms with van der Waals surface area (Å²) >= 11 is 1.40. The Bertz CT molecular complexity index is 1170. The van der Waals surface area contributed by atoms with Crippen LogP contribution in [-0.2, 0) is 32.5 Å². The van der Waals surface area contributed by atoms with Gasteiger partial charge in [0.25, 0.3) is 0 Å². The molecule has 1 unspecified atom stereocenters. The van der Waals surface area contributed by atoms with E-state index in [1.165, 1.54) is 30.2 Å². The number of nitrogens with zero attached hydrogens (tertiary/aromatic N) is 6. The molecule has 2 heterocycles. The first-order valence-corrected chi connectivity index (χ1v) is 12.5. The Morgan fingerprint density at radius 2 is 1.94 bits per heavy atom. The Morgan fingerprint density at radius 1 is 1.21 bits per heavy atom. The molecule has 0 amide bonds. The van der Waals surface area contributed by atoms with E-state index in [0.29, 0.717) is 41.2 Å². The monoisotopic (exact) mass is 496 g/mol. The number of aromatic nitrogens is 5. The molecular formula is C20H28N6O5S2. The first-order chi connectivity index (χ1) is 15.7. The lowest BCUT2D eigenvalue weighted by Crippen LogP contribution is -2.22. The van der Waals surface area contributed by atoms with Gasteiger partial charge < -0.3 is 14.0 Å². The highest BCUT2D eigenvalue weighted by Crippen LogP contribution is 2.35. The molecule has 0 aliphatic rings. The molecule has 0 saturated heterocycles. The minimum absolute atomic E-state index is 0.162. The van der Waals surface area contributed by atoms with Crippen molar-refractivity contribution in [2.45, 2.75) is 48.4 Å². The standard InChI is InChI=1S/C20H28N6O5S2/c1-7-16-21-19(31-24-16)13(2)32-20-23-22-18(26(20)12-17(29-5)30-6)14-9-8-10-15(11-14)33(27,28)25(3)4/h8-11,13,17H,7,12H2,1-6H3. The second-order valence-electron chi connectivity index (χ2n) is 7.30. The summed E-state index contributed by atoms with van der Waals surface area (Å²) < 4.78 is 44.4. The van der Waals surface area contributed by atoms with Crippen molar-refractivity contribution in [3.05, 3.63) is 36.0 Å². The van der Waals surface area contributed by atoms with Crippen LogP contribution in [0.4, 0.5) is 0 Å². The number of sulfonamides is 1. The zero-order chi connectivity index (χ0) is 24.2. The van der Waals surface area contributed by atoms with Crippen LogP contribution in [0.3, 0.4) is 0 Å². The Labute approximate surface area is 197 Å². The molecule has 13 heteroatoms. The van der Waals surface area contributed by atoms with Gasteiger partial charge in [-0.25, -0.2) is 12.7 Å². The molecule has 0 fully saturated rings. The van der Waals surface area contributed by atoms with Gasteiger partial charge in [0.05, 0.1) is 16.7 Å².